The number of carbonyl (C=O) groups is 1. The quantitative estimate of drug-likeness (QED) is 0.486. The van der Waals surface area contributed by atoms with Gasteiger partial charge in [0.1, 0.15) is 5.69 Å². The van der Waals surface area contributed by atoms with Crippen LogP contribution in [0.1, 0.15) is 19.2 Å². The van der Waals surface area contributed by atoms with Crippen molar-refractivity contribution in [2.75, 3.05) is 6.61 Å². The van der Waals surface area contributed by atoms with Crippen LogP contribution >= 0.6 is 11.8 Å². The van der Waals surface area contributed by atoms with E-state index in [0.29, 0.717) is 18.9 Å². The van der Waals surface area contributed by atoms with Crippen molar-refractivity contribution in [2.45, 2.75) is 29.6 Å². The molecule has 0 saturated carbocycles. The summed E-state index contributed by atoms with van der Waals surface area (Å²) in [4.78, 5) is 18.6. The molecule has 0 amide bonds. The summed E-state index contributed by atoms with van der Waals surface area (Å²) < 4.78 is 11.1. The molecule has 0 aliphatic carbocycles. The van der Waals surface area contributed by atoms with E-state index >= 15 is 0 Å². The van der Waals surface area contributed by atoms with Crippen molar-refractivity contribution in [3.05, 3.63) is 54.4 Å². The highest BCUT2D eigenvalue weighted by atomic mass is 32.2. The fraction of sp³-hybridized carbons (Fsp3) is 0.200. The van der Waals surface area contributed by atoms with Crippen LogP contribution in [0.5, 0.6) is 0 Å². The lowest BCUT2D eigenvalue weighted by Crippen LogP contribution is -2.05. The predicted octanol–water partition coefficient (Wildman–Crippen LogP) is 4.97. The highest BCUT2D eigenvalue weighted by molar-refractivity contribution is 7.99. The van der Waals surface area contributed by atoms with E-state index in [-0.39, 0.29) is 12.4 Å². The smallest absolute Gasteiger partial charge is 0.306 e. The van der Waals surface area contributed by atoms with Crippen LogP contribution in [0.2, 0.25) is 0 Å². The first-order valence-corrected chi connectivity index (χ1v) is 9.10. The van der Waals surface area contributed by atoms with Crippen LogP contribution in [0.4, 0.5) is 0 Å². The molecule has 0 N–H and O–H groups in total. The second-order valence-electron chi connectivity index (χ2n) is 5.68. The first kappa shape index (κ1) is 16.0. The molecule has 3 aromatic rings. The van der Waals surface area contributed by atoms with E-state index in [4.69, 9.17) is 14.1 Å². The highest BCUT2D eigenvalue weighted by Gasteiger charge is 2.25. The minimum absolute atomic E-state index is 0.229. The Hall–Kier alpha value is -2.53. The van der Waals surface area contributed by atoms with Gasteiger partial charge in [0.2, 0.25) is 0 Å². The number of esters is 1. The third-order valence-corrected chi connectivity index (χ3v) is 5.17. The Morgan fingerprint density at radius 3 is 2.52 bits per heavy atom. The summed E-state index contributed by atoms with van der Waals surface area (Å²) in [6.07, 6.45) is 0.703. The van der Waals surface area contributed by atoms with Gasteiger partial charge in [-0.25, -0.2) is 4.98 Å². The largest absolute Gasteiger partial charge is 0.466 e. The molecule has 1 aromatic heterocycles. The molecular weight excluding hydrogens is 334 g/mol. The molecule has 4 nitrogen and oxygen atoms in total. The molecule has 1 aliphatic heterocycles. The van der Waals surface area contributed by atoms with E-state index in [1.165, 1.54) is 0 Å². The van der Waals surface area contributed by atoms with Crippen LogP contribution in [0.15, 0.2) is 62.7 Å². The molecule has 1 aliphatic rings. The average molecular weight is 351 g/mol. The van der Waals surface area contributed by atoms with Gasteiger partial charge >= 0.3 is 5.97 Å². The highest BCUT2D eigenvalue weighted by Crippen LogP contribution is 2.47. The van der Waals surface area contributed by atoms with Gasteiger partial charge in [-0.3, -0.25) is 4.79 Å². The SMILES string of the molecule is CCOC(=O)CCc1nc2c(o1)-c1ccccc1Sc1ccccc1-2. The maximum atomic E-state index is 11.6. The second kappa shape index (κ2) is 6.76. The number of carbonyl (C=O) groups excluding carboxylic acids is 1. The number of nitrogens with zero attached hydrogens (tertiary/aromatic N) is 1. The van der Waals surface area contributed by atoms with E-state index in [9.17, 15) is 4.79 Å². The van der Waals surface area contributed by atoms with Crippen molar-refractivity contribution in [2.24, 2.45) is 0 Å². The fourth-order valence-electron chi connectivity index (χ4n) is 2.89. The van der Waals surface area contributed by atoms with E-state index in [2.05, 4.69) is 18.2 Å². The Morgan fingerprint density at radius 2 is 1.76 bits per heavy atom. The van der Waals surface area contributed by atoms with Gasteiger partial charge in [-0.2, -0.15) is 0 Å². The molecule has 2 heterocycles. The number of ether oxygens (including phenoxy) is 1. The molecule has 0 spiro atoms. The molecular formula is C20H17NO3S. The van der Waals surface area contributed by atoms with Gasteiger partial charge in [0.05, 0.1) is 13.0 Å². The minimum Gasteiger partial charge on any atom is -0.466 e. The van der Waals surface area contributed by atoms with Gasteiger partial charge in [0.15, 0.2) is 11.7 Å². The Kier molecular flexibility index (Phi) is 4.32. The number of hydrogen-bond donors (Lipinski definition) is 0. The van der Waals surface area contributed by atoms with Crippen LogP contribution in [0, 0.1) is 0 Å². The number of oxazole rings is 1. The van der Waals surface area contributed by atoms with Crippen molar-refractivity contribution in [1.29, 1.82) is 0 Å². The Bertz CT molecular complexity index is 869. The van der Waals surface area contributed by atoms with E-state index in [1.807, 2.05) is 30.3 Å². The number of aromatic nitrogens is 1. The summed E-state index contributed by atoms with van der Waals surface area (Å²) in [5.41, 5.74) is 2.94. The zero-order valence-electron chi connectivity index (χ0n) is 13.8. The Balaban J connectivity index is 1.77. The number of rotatable bonds is 4. The molecule has 2 aromatic carbocycles. The molecule has 126 valence electrons. The molecule has 0 radical (unpaired) electrons. The lowest BCUT2D eigenvalue weighted by atomic mass is 10.1. The number of aryl methyl sites for hydroxylation is 1. The van der Waals surface area contributed by atoms with Gasteiger partial charge in [0, 0.05) is 27.3 Å². The van der Waals surface area contributed by atoms with Crippen LogP contribution in [-0.2, 0) is 16.0 Å². The minimum atomic E-state index is -0.229. The lowest BCUT2D eigenvalue weighted by molar-refractivity contribution is -0.143. The van der Waals surface area contributed by atoms with Gasteiger partial charge in [-0.15, -0.1) is 0 Å². The Labute approximate surface area is 150 Å². The standard InChI is InChI=1S/C20H17NO3S/c1-2-23-18(22)12-11-17-21-19-13-7-3-5-9-15(13)25-16-10-6-4-8-14(16)20(19)24-17/h3-10H,2,11-12H2,1H3. The van der Waals surface area contributed by atoms with Crippen molar-refractivity contribution >= 4 is 17.7 Å². The van der Waals surface area contributed by atoms with Crippen molar-refractivity contribution in [3.8, 4) is 22.6 Å². The summed E-state index contributed by atoms with van der Waals surface area (Å²) in [5, 5.41) is 0. The monoisotopic (exact) mass is 351 g/mol. The molecule has 0 atom stereocenters. The average Bonchev–Trinajstić information content (AvgIpc) is 3.00. The van der Waals surface area contributed by atoms with Crippen molar-refractivity contribution in [1.82, 2.24) is 4.98 Å². The fourth-order valence-corrected chi connectivity index (χ4v) is 3.97. The summed E-state index contributed by atoms with van der Waals surface area (Å²) in [6, 6.07) is 16.4. The maximum absolute atomic E-state index is 11.6. The first-order chi connectivity index (χ1) is 12.3. The van der Waals surface area contributed by atoms with Crippen LogP contribution < -0.4 is 0 Å². The molecule has 0 saturated heterocycles. The van der Waals surface area contributed by atoms with Crippen LogP contribution in [-0.4, -0.2) is 17.6 Å². The number of benzene rings is 2. The van der Waals surface area contributed by atoms with E-state index in [0.717, 1.165) is 32.4 Å². The third kappa shape index (κ3) is 3.07. The zero-order valence-corrected chi connectivity index (χ0v) is 14.6. The van der Waals surface area contributed by atoms with Crippen molar-refractivity contribution < 1.29 is 13.9 Å². The number of fused-ring (bicyclic) bond motifs is 5. The first-order valence-electron chi connectivity index (χ1n) is 8.28. The summed E-state index contributed by atoms with van der Waals surface area (Å²) >= 11 is 1.72. The molecule has 0 unspecified atom stereocenters. The molecule has 25 heavy (non-hydrogen) atoms. The van der Waals surface area contributed by atoms with E-state index < -0.39 is 0 Å². The summed E-state index contributed by atoms with van der Waals surface area (Å²) in [7, 11) is 0. The van der Waals surface area contributed by atoms with Gasteiger partial charge in [-0.05, 0) is 19.1 Å². The zero-order chi connectivity index (χ0) is 17.2. The van der Waals surface area contributed by atoms with Gasteiger partial charge in [-0.1, -0.05) is 48.2 Å². The van der Waals surface area contributed by atoms with Crippen LogP contribution in [0.25, 0.3) is 22.6 Å². The predicted molar refractivity (Wildman–Crippen MR) is 96.5 cm³/mol. The maximum Gasteiger partial charge on any atom is 0.306 e. The molecule has 0 bridgehead atoms. The summed E-state index contributed by atoms with van der Waals surface area (Å²) in [6.45, 7) is 2.19. The third-order valence-electron chi connectivity index (χ3n) is 4.01. The second-order valence-corrected chi connectivity index (χ2v) is 6.77. The van der Waals surface area contributed by atoms with Crippen LogP contribution in [0.3, 0.4) is 0 Å². The van der Waals surface area contributed by atoms with Gasteiger partial charge in [0.25, 0.3) is 0 Å². The molecule has 0 fully saturated rings. The van der Waals surface area contributed by atoms with E-state index in [1.54, 1.807) is 18.7 Å². The Morgan fingerprint density at radius 1 is 1.08 bits per heavy atom. The lowest BCUT2D eigenvalue weighted by Gasteiger charge is -2.05. The van der Waals surface area contributed by atoms with Gasteiger partial charge < -0.3 is 9.15 Å². The molecule has 5 heteroatoms. The summed E-state index contributed by atoms with van der Waals surface area (Å²) in [5.74, 6) is 1.11. The van der Waals surface area contributed by atoms with Crippen molar-refractivity contribution in [3.63, 3.8) is 0 Å². The topological polar surface area (TPSA) is 52.3 Å². The normalized spacial score (nSPS) is 11.9. The molecule has 4 rings (SSSR count). The number of hydrogen-bond acceptors (Lipinski definition) is 5.